The van der Waals surface area contributed by atoms with E-state index in [-0.39, 0.29) is 0 Å². The molecule has 0 radical (unpaired) electrons. The van der Waals surface area contributed by atoms with Crippen molar-refractivity contribution in [3.63, 3.8) is 0 Å². The first kappa shape index (κ1) is 11.0. The number of nitrogens with one attached hydrogen (secondary N) is 1. The zero-order valence-electron chi connectivity index (χ0n) is 9.24. The van der Waals surface area contributed by atoms with Crippen LogP contribution in [0.3, 0.4) is 0 Å². The van der Waals surface area contributed by atoms with E-state index in [1.165, 1.54) is 0 Å². The molecule has 1 N–H and O–H groups in total. The maximum atomic E-state index is 5.94. The average molecular weight is 237 g/mol. The number of rotatable bonds is 3. The molecule has 0 amide bonds. The average Bonchev–Trinajstić information content (AvgIpc) is 2.58. The molecule has 0 aromatic carbocycles. The molecule has 0 fully saturated rings. The number of nitrogens with zero attached hydrogens (tertiary/aromatic N) is 3. The number of aromatic nitrogens is 3. The van der Waals surface area contributed by atoms with Gasteiger partial charge in [0.2, 0.25) is 0 Å². The fourth-order valence-electron chi connectivity index (χ4n) is 1.45. The summed E-state index contributed by atoms with van der Waals surface area (Å²) >= 11 is 5.94. The van der Waals surface area contributed by atoms with Crippen LogP contribution in [-0.2, 0) is 6.54 Å². The van der Waals surface area contributed by atoms with Gasteiger partial charge in [0.25, 0.3) is 0 Å². The van der Waals surface area contributed by atoms with E-state index in [4.69, 9.17) is 11.6 Å². The van der Waals surface area contributed by atoms with Gasteiger partial charge in [0.15, 0.2) is 0 Å². The maximum absolute atomic E-state index is 5.94. The fourth-order valence-corrected chi connectivity index (χ4v) is 1.60. The van der Waals surface area contributed by atoms with Gasteiger partial charge < -0.3 is 5.32 Å². The summed E-state index contributed by atoms with van der Waals surface area (Å²) in [6.07, 6.45) is 1.81. The molecule has 5 heteroatoms. The van der Waals surface area contributed by atoms with E-state index < -0.39 is 0 Å². The second kappa shape index (κ2) is 4.53. The highest BCUT2D eigenvalue weighted by Crippen LogP contribution is 2.13. The molecule has 0 aliphatic heterocycles. The van der Waals surface area contributed by atoms with Gasteiger partial charge in [-0.1, -0.05) is 17.7 Å². The molecule has 0 atom stereocenters. The quantitative estimate of drug-likeness (QED) is 0.890. The van der Waals surface area contributed by atoms with Gasteiger partial charge in [-0.2, -0.15) is 5.10 Å². The van der Waals surface area contributed by atoms with Gasteiger partial charge in [-0.3, -0.25) is 4.68 Å². The van der Waals surface area contributed by atoms with E-state index in [0.717, 1.165) is 17.2 Å². The van der Waals surface area contributed by atoms with Crippen LogP contribution >= 0.6 is 11.6 Å². The second-order valence-corrected chi connectivity index (χ2v) is 3.93. The molecule has 4 nitrogen and oxygen atoms in total. The zero-order chi connectivity index (χ0) is 11.5. The van der Waals surface area contributed by atoms with Gasteiger partial charge in [0.05, 0.1) is 23.0 Å². The predicted molar refractivity (Wildman–Crippen MR) is 64.9 cm³/mol. The van der Waals surface area contributed by atoms with Gasteiger partial charge in [0.1, 0.15) is 5.82 Å². The van der Waals surface area contributed by atoms with Gasteiger partial charge in [-0.05, 0) is 19.1 Å². The van der Waals surface area contributed by atoms with E-state index in [9.17, 15) is 0 Å². The lowest BCUT2D eigenvalue weighted by Crippen LogP contribution is -2.04. The van der Waals surface area contributed by atoms with Crippen LogP contribution in [0, 0.1) is 6.92 Å². The Morgan fingerprint density at radius 2 is 2.25 bits per heavy atom. The third-order valence-electron chi connectivity index (χ3n) is 2.27. The molecule has 0 bridgehead atoms. The standard InChI is InChI=1S/C11H13ClN4/c1-8-10(12)7-16(15-8)6-9-4-3-5-11(13-2)14-9/h3-5,7H,6H2,1-2H3,(H,13,14). The molecular weight excluding hydrogens is 224 g/mol. The molecule has 2 rings (SSSR count). The lowest BCUT2D eigenvalue weighted by Gasteiger charge is -2.03. The number of aryl methyl sites for hydroxylation is 1. The van der Waals surface area contributed by atoms with E-state index in [1.54, 1.807) is 4.68 Å². The van der Waals surface area contributed by atoms with Crippen LogP contribution in [0.5, 0.6) is 0 Å². The van der Waals surface area contributed by atoms with Gasteiger partial charge >= 0.3 is 0 Å². The van der Waals surface area contributed by atoms with Crippen LogP contribution in [0.1, 0.15) is 11.4 Å². The first-order valence-electron chi connectivity index (χ1n) is 5.02. The SMILES string of the molecule is CNc1cccc(Cn2cc(Cl)c(C)n2)n1. The Morgan fingerprint density at radius 3 is 2.88 bits per heavy atom. The summed E-state index contributed by atoms with van der Waals surface area (Å²) < 4.78 is 1.79. The summed E-state index contributed by atoms with van der Waals surface area (Å²) in [7, 11) is 1.85. The Bertz CT molecular complexity index is 473. The van der Waals surface area contributed by atoms with Crippen LogP contribution in [0.25, 0.3) is 0 Å². The number of hydrogen-bond donors (Lipinski definition) is 1. The lowest BCUT2D eigenvalue weighted by molar-refractivity contribution is 0.666. The number of halogens is 1. The Balaban J connectivity index is 2.20. The molecular formula is C11H13ClN4. The van der Waals surface area contributed by atoms with Crippen molar-refractivity contribution in [3.05, 3.63) is 40.8 Å². The van der Waals surface area contributed by atoms with Gasteiger partial charge in [-0.25, -0.2) is 4.98 Å². The molecule has 0 unspecified atom stereocenters. The molecule has 2 aromatic heterocycles. The fraction of sp³-hybridized carbons (Fsp3) is 0.273. The Morgan fingerprint density at radius 1 is 1.44 bits per heavy atom. The number of anilines is 1. The van der Waals surface area contributed by atoms with Crippen LogP contribution in [0.15, 0.2) is 24.4 Å². The van der Waals surface area contributed by atoms with Crippen LogP contribution in [-0.4, -0.2) is 21.8 Å². The molecule has 0 aliphatic carbocycles. The van der Waals surface area contributed by atoms with Gasteiger partial charge in [-0.15, -0.1) is 0 Å². The first-order chi connectivity index (χ1) is 7.69. The van der Waals surface area contributed by atoms with Crippen molar-refractivity contribution in [3.8, 4) is 0 Å². The molecule has 0 aliphatic rings. The Labute approximate surface area is 99.3 Å². The smallest absolute Gasteiger partial charge is 0.126 e. The van der Waals surface area contributed by atoms with Crippen LogP contribution in [0.4, 0.5) is 5.82 Å². The minimum absolute atomic E-state index is 0.628. The van der Waals surface area contributed by atoms with Crippen molar-refractivity contribution in [1.29, 1.82) is 0 Å². The Hall–Kier alpha value is -1.55. The summed E-state index contributed by atoms with van der Waals surface area (Å²) in [5.41, 5.74) is 1.79. The molecule has 0 saturated carbocycles. The highest BCUT2D eigenvalue weighted by molar-refractivity contribution is 6.31. The third-order valence-corrected chi connectivity index (χ3v) is 2.64. The van der Waals surface area contributed by atoms with Crippen molar-refractivity contribution < 1.29 is 0 Å². The van der Waals surface area contributed by atoms with E-state index in [0.29, 0.717) is 11.6 Å². The highest BCUT2D eigenvalue weighted by Gasteiger charge is 2.03. The molecule has 0 spiro atoms. The van der Waals surface area contributed by atoms with E-state index in [2.05, 4.69) is 15.4 Å². The zero-order valence-corrected chi connectivity index (χ0v) is 9.99. The summed E-state index contributed by atoms with van der Waals surface area (Å²) in [4.78, 5) is 4.41. The molecule has 16 heavy (non-hydrogen) atoms. The van der Waals surface area contributed by atoms with Crippen molar-refractivity contribution in [1.82, 2.24) is 14.8 Å². The van der Waals surface area contributed by atoms with Gasteiger partial charge in [0, 0.05) is 13.2 Å². The molecule has 0 saturated heterocycles. The monoisotopic (exact) mass is 236 g/mol. The predicted octanol–water partition coefficient (Wildman–Crippen LogP) is 2.33. The second-order valence-electron chi connectivity index (χ2n) is 3.52. The van der Waals surface area contributed by atoms with Crippen molar-refractivity contribution in [2.75, 3.05) is 12.4 Å². The van der Waals surface area contributed by atoms with E-state index >= 15 is 0 Å². The van der Waals surface area contributed by atoms with Crippen molar-refractivity contribution in [2.45, 2.75) is 13.5 Å². The van der Waals surface area contributed by atoms with Crippen molar-refractivity contribution in [2.24, 2.45) is 0 Å². The van der Waals surface area contributed by atoms with E-state index in [1.807, 2.05) is 38.4 Å². The molecule has 84 valence electrons. The topological polar surface area (TPSA) is 42.7 Å². The minimum Gasteiger partial charge on any atom is -0.373 e. The summed E-state index contributed by atoms with van der Waals surface area (Å²) in [5, 5.41) is 7.97. The van der Waals surface area contributed by atoms with Crippen molar-refractivity contribution >= 4 is 17.4 Å². The first-order valence-corrected chi connectivity index (χ1v) is 5.40. The maximum Gasteiger partial charge on any atom is 0.126 e. The highest BCUT2D eigenvalue weighted by atomic mass is 35.5. The summed E-state index contributed by atoms with van der Waals surface area (Å²) in [6, 6.07) is 5.85. The largest absolute Gasteiger partial charge is 0.373 e. The molecule has 2 heterocycles. The van der Waals surface area contributed by atoms with Crippen LogP contribution in [0.2, 0.25) is 5.02 Å². The lowest BCUT2D eigenvalue weighted by atomic mass is 10.3. The molecule has 2 aromatic rings. The van der Waals surface area contributed by atoms with Crippen LogP contribution < -0.4 is 5.32 Å². The summed E-state index contributed by atoms with van der Waals surface area (Å²) in [5.74, 6) is 0.854. The number of pyridine rings is 1. The third kappa shape index (κ3) is 2.33. The Kier molecular flexibility index (Phi) is 3.10. The normalized spacial score (nSPS) is 10.4. The summed E-state index contributed by atoms with van der Waals surface area (Å²) in [6.45, 7) is 2.51. The minimum atomic E-state index is 0.628. The number of hydrogen-bond acceptors (Lipinski definition) is 3.